The molecule has 3 rings (SSSR count). The molecule has 0 bridgehead atoms. The molecular weight excluding hydrogens is 357 g/mol. The van der Waals surface area contributed by atoms with E-state index in [9.17, 15) is 23.2 Å². The normalized spacial score (nSPS) is 11.1. The van der Waals surface area contributed by atoms with Crippen LogP contribution in [0.1, 0.15) is 5.76 Å². The number of amides is 1. The average Bonchev–Trinajstić information content (AvgIpc) is 3.09. The van der Waals surface area contributed by atoms with Gasteiger partial charge < -0.3 is 9.73 Å². The zero-order valence-electron chi connectivity index (χ0n) is 13.7. The lowest BCUT2D eigenvalue weighted by Crippen LogP contribution is -2.13. The molecular formula is C20H11F3N2O2. The number of nitriles is 1. The topological polar surface area (TPSA) is 66.0 Å². The second kappa shape index (κ2) is 7.62. The molecule has 0 saturated carbocycles. The molecule has 0 aliphatic heterocycles. The van der Waals surface area contributed by atoms with Crippen molar-refractivity contribution in [1.29, 1.82) is 5.26 Å². The highest BCUT2D eigenvalue weighted by molar-refractivity contribution is 6.09. The van der Waals surface area contributed by atoms with Crippen LogP contribution < -0.4 is 5.32 Å². The smallest absolute Gasteiger partial charge is 0.266 e. The molecule has 3 aromatic rings. The van der Waals surface area contributed by atoms with Crippen LogP contribution in [0.25, 0.3) is 17.4 Å². The standard InChI is InChI=1S/C20H11F3N2O2/c21-13-1-4-15(5-2-13)25-20(26)12(11-24)9-16-6-8-19(27-16)17-7-3-14(22)10-18(17)23/h1-10H,(H,25,26)/b12-9+. The van der Waals surface area contributed by atoms with Crippen LogP contribution in [-0.4, -0.2) is 5.91 Å². The van der Waals surface area contributed by atoms with Crippen LogP contribution in [0.5, 0.6) is 0 Å². The minimum absolute atomic E-state index is 0.0466. The fraction of sp³-hybridized carbons (Fsp3) is 0. The van der Waals surface area contributed by atoms with Crippen molar-refractivity contribution in [3.8, 4) is 17.4 Å². The molecule has 1 amide bonds. The number of benzene rings is 2. The van der Waals surface area contributed by atoms with Gasteiger partial charge in [0.1, 0.15) is 40.6 Å². The fourth-order valence-corrected chi connectivity index (χ4v) is 2.29. The van der Waals surface area contributed by atoms with Crippen LogP contribution in [0.3, 0.4) is 0 Å². The van der Waals surface area contributed by atoms with Gasteiger partial charge in [0.2, 0.25) is 0 Å². The molecule has 134 valence electrons. The molecule has 7 heteroatoms. The lowest BCUT2D eigenvalue weighted by atomic mass is 10.1. The van der Waals surface area contributed by atoms with E-state index in [-0.39, 0.29) is 22.7 Å². The summed E-state index contributed by atoms with van der Waals surface area (Å²) in [5, 5.41) is 11.7. The first-order valence-corrected chi connectivity index (χ1v) is 7.70. The summed E-state index contributed by atoms with van der Waals surface area (Å²) in [7, 11) is 0. The Morgan fingerprint density at radius 1 is 1.00 bits per heavy atom. The summed E-state index contributed by atoms with van der Waals surface area (Å²) in [5.74, 6) is -2.42. The Balaban J connectivity index is 1.82. The van der Waals surface area contributed by atoms with E-state index in [0.717, 1.165) is 12.1 Å². The Hall–Kier alpha value is -3.79. The Morgan fingerprint density at radius 3 is 2.37 bits per heavy atom. The summed E-state index contributed by atoms with van der Waals surface area (Å²) >= 11 is 0. The molecule has 0 saturated heterocycles. The molecule has 0 aliphatic carbocycles. The maximum absolute atomic E-state index is 13.8. The van der Waals surface area contributed by atoms with E-state index >= 15 is 0 Å². The molecule has 1 heterocycles. The van der Waals surface area contributed by atoms with E-state index in [1.807, 2.05) is 0 Å². The highest BCUT2D eigenvalue weighted by Gasteiger charge is 2.13. The second-order valence-corrected chi connectivity index (χ2v) is 5.46. The number of hydrogen-bond donors (Lipinski definition) is 1. The molecule has 0 radical (unpaired) electrons. The van der Waals surface area contributed by atoms with E-state index in [4.69, 9.17) is 4.42 Å². The Labute approximate surface area is 152 Å². The largest absolute Gasteiger partial charge is 0.457 e. The van der Waals surface area contributed by atoms with Crippen molar-refractivity contribution in [3.63, 3.8) is 0 Å². The van der Waals surface area contributed by atoms with Gasteiger partial charge >= 0.3 is 0 Å². The molecule has 0 atom stereocenters. The summed E-state index contributed by atoms with van der Waals surface area (Å²) in [5.41, 5.74) is 0.0983. The Morgan fingerprint density at radius 2 is 1.70 bits per heavy atom. The average molecular weight is 368 g/mol. The van der Waals surface area contributed by atoms with Crippen LogP contribution >= 0.6 is 0 Å². The van der Waals surface area contributed by atoms with Gasteiger partial charge in [-0.05, 0) is 48.5 Å². The summed E-state index contributed by atoms with van der Waals surface area (Å²) < 4.78 is 45.1. The van der Waals surface area contributed by atoms with E-state index in [0.29, 0.717) is 5.69 Å². The van der Waals surface area contributed by atoms with Gasteiger partial charge in [-0.1, -0.05) is 0 Å². The van der Waals surface area contributed by atoms with Gasteiger partial charge in [0.05, 0.1) is 5.56 Å². The fourth-order valence-electron chi connectivity index (χ4n) is 2.29. The van der Waals surface area contributed by atoms with E-state index in [2.05, 4.69) is 5.32 Å². The SMILES string of the molecule is N#C/C(=C\c1ccc(-c2ccc(F)cc2F)o1)C(=O)Nc1ccc(F)cc1. The van der Waals surface area contributed by atoms with Crippen molar-refractivity contribution >= 4 is 17.7 Å². The molecule has 4 nitrogen and oxygen atoms in total. The zero-order chi connectivity index (χ0) is 19.4. The lowest BCUT2D eigenvalue weighted by molar-refractivity contribution is -0.112. The van der Waals surface area contributed by atoms with Crippen LogP contribution in [0, 0.1) is 28.8 Å². The number of carbonyl (C=O) groups excluding carboxylic acids is 1. The quantitative estimate of drug-likeness (QED) is 0.526. The second-order valence-electron chi connectivity index (χ2n) is 5.46. The number of hydrogen-bond acceptors (Lipinski definition) is 3. The summed E-state index contributed by atoms with van der Waals surface area (Å²) in [6.45, 7) is 0. The van der Waals surface area contributed by atoms with E-state index < -0.39 is 23.4 Å². The number of nitrogens with zero attached hydrogens (tertiary/aromatic N) is 1. The molecule has 0 unspecified atom stereocenters. The predicted octanol–water partition coefficient (Wildman–Crippen LogP) is 4.91. The first kappa shape index (κ1) is 18.0. The molecule has 0 spiro atoms. The van der Waals surface area contributed by atoms with Gasteiger partial charge in [0.25, 0.3) is 5.91 Å². The van der Waals surface area contributed by atoms with Gasteiger partial charge in [-0.3, -0.25) is 4.79 Å². The maximum atomic E-state index is 13.8. The van der Waals surface area contributed by atoms with Crippen molar-refractivity contribution in [2.45, 2.75) is 0 Å². The van der Waals surface area contributed by atoms with Crippen molar-refractivity contribution < 1.29 is 22.4 Å². The highest BCUT2D eigenvalue weighted by Crippen LogP contribution is 2.26. The molecule has 0 aliphatic rings. The minimum Gasteiger partial charge on any atom is -0.457 e. The molecule has 0 fully saturated rings. The van der Waals surface area contributed by atoms with Gasteiger partial charge in [-0.2, -0.15) is 5.26 Å². The van der Waals surface area contributed by atoms with Crippen LogP contribution in [0.4, 0.5) is 18.9 Å². The number of nitrogens with one attached hydrogen (secondary N) is 1. The summed E-state index contributed by atoms with van der Waals surface area (Å²) in [4.78, 5) is 12.2. The molecule has 2 aromatic carbocycles. The highest BCUT2D eigenvalue weighted by atomic mass is 19.1. The molecule has 1 N–H and O–H groups in total. The molecule has 1 aromatic heterocycles. The predicted molar refractivity (Wildman–Crippen MR) is 92.7 cm³/mol. The monoisotopic (exact) mass is 368 g/mol. The number of halogens is 3. The van der Waals surface area contributed by atoms with Crippen LogP contribution in [-0.2, 0) is 4.79 Å². The summed E-state index contributed by atoms with van der Waals surface area (Å²) in [6.07, 6.45) is 1.18. The Bertz CT molecular complexity index is 1060. The number of anilines is 1. The third kappa shape index (κ3) is 4.25. The maximum Gasteiger partial charge on any atom is 0.266 e. The van der Waals surface area contributed by atoms with Gasteiger partial charge in [0, 0.05) is 17.8 Å². The van der Waals surface area contributed by atoms with Crippen molar-refractivity contribution in [2.24, 2.45) is 0 Å². The van der Waals surface area contributed by atoms with Gasteiger partial charge in [0.15, 0.2) is 0 Å². The van der Waals surface area contributed by atoms with Crippen molar-refractivity contribution in [2.75, 3.05) is 5.32 Å². The minimum atomic E-state index is -0.797. The number of furan rings is 1. The summed E-state index contributed by atoms with van der Waals surface area (Å²) in [6, 6.07) is 12.7. The third-order valence-electron chi connectivity index (χ3n) is 3.58. The van der Waals surface area contributed by atoms with Crippen LogP contribution in [0.2, 0.25) is 0 Å². The van der Waals surface area contributed by atoms with E-state index in [1.54, 1.807) is 6.07 Å². The third-order valence-corrected chi connectivity index (χ3v) is 3.58. The molecule has 27 heavy (non-hydrogen) atoms. The first-order chi connectivity index (χ1) is 13.0. The Kier molecular flexibility index (Phi) is 5.08. The van der Waals surface area contributed by atoms with Crippen molar-refractivity contribution in [1.82, 2.24) is 0 Å². The first-order valence-electron chi connectivity index (χ1n) is 7.70. The van der Waals surface area contributed by atoms with E-state index in [1.165, 1.54) is 48.5 Å². The van der Waals surface area contributed by atoms with Gasteiger partial charge in [-0.15, -0.1) is 0 Å². The van der Waals surface area contributed by atoms with Crippen LogP contribution in [0.15, 0.2) is 64.6 Å². The lowest BCUT2D eigenvalue weighted by Gasteiger charge is -2.03. The van der Waals surface area contributed by atoms with Crippen molar-refractivity contribution in [3.05, 3.63) is 83.4 Å². The number of carbonyl (C=O) groups is 1. The zero-order valence-corrected chi connectivity index (χ0v) is 13.7. The van der Waals surface area contributed by atoms with Gasteiger partial charge in [-0.25, -0.2) is 13.2 Å². The number of rotatable bonds is 4.